The highest BCUT2D eigenvalue weighted by atomic mass is 35.5. The Labute approximate surface area is 106 Å². The van der Waals surface area contributed by atoms with Crippen molar-refractivity contribution >= 4 is 17.9 Å². The molecule has 2 heteroatoms. The number of aryl methyl sites for hydroxylation is 2. The molecule has 86 valence electrons. The van der Waals surface area contributed by atoms with Gasteiger partial charge in [-0.05, 0) is 25.5 Å². The van der Waals surface area contributed by atoms with E-state index in [0.29, 0.717) is 10.6 Å². The van der Waals surface area contributed by atoms with Crippen LogP contribution < -0.4 is 0 Å². The molecule has 0 spiro atoms. The number of carbonyl (C=O) groups excluding carboxylic acids is 1. The van der Waals surface area contributed by atoms with E-state index in [1.54, 1.807) is 12.1 Å². The van der Waals surface area contributed by atoms with Gasteiger partial charge in [0.15, 0.2) is 0 Å². The Hall–Kier alpha value is -1.60. The van der Waals surface area contributed by atoms with Crippen LogP contribution in [0, 0.1) is 13.8 Å². The Balaban J connectivity index is 2.56. The van der Waals surface area contributed by atoms with Gasteiger partial charge in [-0.15, -0.1) is 0 Å². The summed E-state index contributed by atoms with van der Waals surface area (Å²) in [5.41, 5.74) is 5.06. The van der Waals surface area contributed by atoms with E-state index in [1.807, 2.05) is 6.07 Å². The summed E-state index contributed by atoms with van der Waals surface area (Å²) >= 11 is 6.19. The van der Waals surface area contributed by atoms with Gasteiger partial charge in [0.2, 0.25) is 0 Å². The molecule has 0 heterocycles. The zero-order valence-electron chi connectivity index (χ0n) is 9.83. The summed E-state index contributed by atoms with van der Waals surface area (Å²) in [4.78, 5) is 10.7. The molecule has 1 nitrogen and oxygen atoms in total. The Morgan fingerprint density at radius 2 is 1.65 bits per heavy atom. The van der Waals surface area contributed by atoms with E-state index >= 15 is 0 Å². The van der Waals surface area contributed by atoms with Crippen LogP contribution in [0.4, 0.5) is 0 Å². The van der Waals surface area contributed by atoms with Crippen molar-refractivity contribution in [3.63, 3.8) is 0 Å². The van der Waals surface area contributed by atoms with Gasteiger partial charge in [-0.2, -0.15) is 0 Å². The van der Waals surface area contributed by atoms with Crippen LogP contribution in [0.25, 0.3) is 11.1 Å². The molecule has 0 aliphatic heterocycles. The fourth-order valence-corrected chi connectivity index (χ4v) is 2.27. The lowest BCUT2D eigenvalue weighted by atomic mass is 10.00. The maximum absolute atomic E-state index is 10.7. The standard InChI is InChI=1S/C15H13ClO/c1-10-5-11(2)7-13(6-10)14-4-3-12(9-17)8-15(14)16/h3-9H,1-2H3. The van der Waals surface area contributed by atoms with Crippen molar-refractivity contribution < 1.29 is 4.79 Å². The van der Waals surface area contributed by atoms with Crippen molar-refractivity contribution in [1.82, 2.24) is 0 Å². The number of hydrogen-bond donors (Lipinski definition) is 0. The molecule has 0 amide bonds. The lowest BCUT2D eigenvalue weighted by molar-refractivity contribution is 0.112. The summed E-state index contributed by atoms with van der Waals surface area (Å²) < 4.78 is 0. The molecule has 0 fully saturated rings. The highest BCUT2D eigenvalue weighted by Gasteiger charge is 2.05. The molecule has 2 aromatic rings. The lowest BCUT2D eigenvalue weighted by Crippen LogP contribution is -1.86. The number of aldehydes is 1. The van der Waals surface area contributed by atoms with E-state index in [2.05, 4.69) is 32.0 Å². The molecule has 0 aliphatic carbocycles. The van der Waals surface area contributed by atoms with Gasteiger partial charge in [0.05, 0.1) is 0 Å². The number of benzene rings is 2. The molecule has 0 aromatic heterocycles. The van der Waals surface area contributed by atoms with E-state index in [9.17, 15) is 4.79 Å². The van der Waals surface area contributed by atoms with Gasteiger partial charge >= 0.3 is 0 Å². The second-order valence-electron chi connectivity index (χ2n) is 4.23. The molecule has 17 heavy (non-hydrogen) atoms. The smallest absolute Gasteiger partial charge is 0.150 e. The van der Waals surface area contributed by atoms with Crippen LogP contribution >= 0.6 is 11.6 Å². The average molecular weight is 245 g/mol. The first-order chi connectivity index (χ1) is 8.10. The number of carbonyl (C=O) groups is 1. The highest BCUT2D eigenvalue weighted by molar-refractivity contribution is 6.33. The second kappa shape index (κ2) is 4.72. The van der Waals surface area contributed by atoms with Crippen molar-refractivity contribution in [2.45, 2.75) is 13.8 Å². The minimum atomic E-state index is 0.600. The SMILES string of the molecule is Cc1cc(C)cc(-c2ccc(C=O)cc2Cl)c1. The molecule has 2 aromatic carbocycles. The van der Waals surface area contributed by atoms with Crippen molar-refractivity contribution in [2.24, 2.45) is 0 Å². The first-order valence-corrected chi connectivity index (χ1v) is 5.81. The van der Waals surface area contributed by atoms with Crippen molar-refractivity contribution in [2.75, 3.05) is 0 Å². The topological polar surface area (TPSA) is 17.1 Å². The molecule has 0 atom stereocenters. The van der Waals surface area contributed by atoms with Crippen LogP contribution in [0.1, 0.15) is 21.5 Å². The van der Waals surface area contributed by atoms with Crippen LogP contribution in [0.2, 0.25) is 5.02 Å². The van der Waals surface area contributed by atoms with E-state index in [1.165, 1.54) is 11.1 Å². The van der Waals surface area contributed by atoms with E-state index in [-0.39, 0.29) is 0 Å². The summed E-state index contributed by atoms with van der Waals surface area (Å²) in [7, 11) is 0. The molecule has 0 bridgehead atoms. The zero-order chi connectivity index (χ0) is 12.4. The molecule has 0 unspecified atom stereocenters. The summed E-state index contributed by atoms with van der Waals surface area (Å²) in [6, 6.07) is 11.7. The predicted molar refractivity (Wildman–Crippen MR) is 71.7 cm³/mol. The van der Waals surface area contributed by atoms with E-state index in [4.69, 9.17) is 11.6 Å². The fraction of sp³-hybridized carbons (Fsp3) is 0.133. The van der Waals surface area contributed by atoms with Crippen LogP contribution in [0.3, 0.4) is 0 Å². The van der Waals surface area contributed by atoms with Crippen LogP contribution in [-0.2, 0) is 0 Å². The summed E-state index contributed by atoms with van der Waals surface area (Å²) in [5.74, 6) is 0. The molecule has 0 saturated heterocycles. The van der Waals surface area contributed by atoms with Gasteiger partial charge in [-0.3, -0.25) is 4.79 Å². The van der Waals surface area contributed by atoms with Gasteiger partial charge in [0.1, 0.15) is 6.29 Å². The summed E-state index contributed by atoms with van der Waals surface area (Å²) in [6.45, 7) is 4.12. The first kappa shape index (κ1) is 11.9. The Bertz CT molecular complexity index is 553. The zero-order valence-corrected chi connectivity index (χ0v) is 10.6. The summed E-state index contributed by atoms with van der Waals surface area (Å²) in [6.07, 6.45) is 0.803. The average Bonchev–Trinajstić information content (AvgIpc) is 2.27. The van der Waals surface area contributed by atoms with E-state index in [0.717, 1.165) is 17.4 Å². The fourth-order valence-electron chi connectivity index (χ4n) is 1.97. The van der Waals surface area contributed by atoms with Crippen molar-refractivity contribution in [1.29, 1.82) is 0 Å². The molecular weight excluding hydrogens is 232 g/mol. The Morgan fingerprint density at radius 3 is 2.18 bits per heavy atom. The van der Waals surface area contributed by atoms with Crippen LogP contribution in [0.5, 0.6) is 0 Å². The highest BCUT2D eigenvalue weighted by Crippen LogP contribution is 2.29. The molecule has 0 aliphatic rings. The van der Waals surface area contributed by atoms with E-state index < -0.39 is 0 Å². The molecule has 0 radical (unpaired) electrons. The quantitative estimate of drug-likeness (QED) is 0.714. The van der Waals surface area contributed by atoms with Gasteiger partial charge in [-0.1, -0.05) is 53.1 Å². The van der Waals surface area contributed by atoms with Gasteiger partial charge in [-0.25, -0.2) is 0 Å². The van der Waals surface area contributed by atoms with Gasteiger partial charge in [0.25, 0.3) is 0 Å². The molecular formula is C15H13ClO. The number of hydrogen-bond acceptors (Lipinski definition) is 1. The third kappa shape index (κ3) is 2.56. The van der Waals surface area contributed by atoms with Crippen molar-refractivity contribution in [3.8, 4) is 11.1 Å². The van der Waals surface area contributed by atoms with Crippen LogP contribution in [0.15, 0.2) is 36.4 Å². The minimum Gasteiger partial charge on any atom is -0.298 e. The van der Waals surface area contributed by atoms with Crippen molar-refractivity contribution in [3.05, 3.63) is 58.1 Å². The normalized spacial score (nSPS) is 10.3. The third-order valence-corrected chi connectivity index (χ3v) is 2.97. The van der Waals surface area contributed by atoms with Gasteiger partial charge in [0, 0.05) is 16.1 Å². The van der Waals surface area contributed by atoms with Gasteiger partial charge < -0.3 is 0 Å². The molecule has 0 N–H and O–H groups in total. The monoisotopic (exact) mass is 244 g/mol. The maximum atomic E-state index is 10.7. The third-order valence-electron chi connectivity index (χ3n) is 2.66. The molecule has 0 saturated carbocycles. The second-order valence-corrected chi connectivity index (χ2v) is 4.64. The van der Waals surface area contributed by atoms with Crippen LogP contribution in [-0.4, -0.2) is 6.29 Å². The molecule has 2 rings (SSSR count). The minimum absolute atomic E-state index is 0.600. The summed E-state index contributed by atoms with van der Waals surface area (Å²) in [5, 5.41) is 0.611. The largest absolute Gasteiger partial charge is 0.298 e. The predicted octanol–water partition coefficient (Wildman–Crippen LogP) is 4.44. The maximum Gasteiger partial charge on any atom is 0.150 e. The number of halogens is 1. The first-order valence-electron chi connectivity index (χ1n) is 5.43. The Kier molecular flexibility index (Phi) is 3.30. The Morgan fingerprint density at radius 1 is 1.00 bits per heavy atom. The lowest BCUT2D eigenvalue weighted by Gasteiger charge is -2.07. The number of rotatable bonds is 2.